The van der Waals surface area contributed by atoms with Crippen LogP contribution in [0.15, 0.2) is 11.1 Å². The summed E-state index contributed by atoms with van der Waals surface area (Å²) in [6.45, 7) is 2.39. The third-order valence-electron chi connectivity index (χ3n) is 8.80. The summed E-state index contributed by atoms with van der Waals surface area (Å²) in [5.41, 5.74) is 3.66. The first-order chi connectivity index (χ1) is 10.8. The minimum Gasteiger partial charge on any atom is -0.371 e. The molecule has 0 aromatic heterocycles. The number of hydrogen-bond donors (Lipinski definition) is 0. The van der Waals surface area contributed by atoms with Crippen LogP contribution in [0.2, 0.25) is 0 Å². The minimum atomic E-state index is 0.438. The predicted molar refractivity (Wildman–Crippen MR) is 87.3 cm³/mol. The van der Waals surface area contributed by atoms with Crippen molar-refractivity contribution in [3.05, 3.63) is 11.1 Å². The predicted octanol–water partition coefficient (Wildman–Crippen LogP) is 4.96. The first-order valence-electron chi connectivity index (χ1n) is 10.2. The van der Waals surface area contributed by atoms with E-state index in [1.165, 1.54) is 57.8 Å². The standard InChI is InChI=1S/C21H30O/c1-11(18-7-12-5-14-8-15(6-12)21(14)18)22-20-10-13-9-19(20)17-4-2-3-16(13)17/h11-17,19-20H,2-10H2,1H3. The average molecular weight is 298 g/mol. The molecule has 8 rings (SSSR count). The summed E-state index contributed by atoms with van der Waals surface area (Å²) in [7, 11) is 0. The molecule has 6 bridgehead atoms. The topological polar surface area (TPSA) is 9.23 Å². The van der Waals surface area contributed by atoms with E-state index >= 15 is 0 Å². The number of hydrogen-bond acceptors (Lipinski definition) is 1. The molecule has 8 unspecified atom stereocenters. The lowest BCUT2D eigenvalue weighted by molar-refractivity contribution is -0.0438. The van der Waals surface area contributed by atoms with E-state index in [-0.39, 0.29) is 0 Å². The van der Waals surface area contributed by atoms with E-state index < -0.39 is 0 Å². The summed E-state index contributed by atoms with van der Waals surface area (Å²) in [5.74, 6) is 7.09. The molecule has 0 amide bonds. The molecule has 0 saturated heterocycles. The molecule has 1 nitrogen and oxygen atoms in total. The Morgan fingerprint density at radius 3 is 2.55 bits per heavy atom. The summed E-state index contributed by atoms with van der Waals surface area (Å²) in [6.07, 6.45) is 14.4. The van der Waals surface area contributed by atoms with E-state index in [1.807, 2.05) is 5.57 Å². The Morgan fingerprint density at radius 2 is 1.73 bits per heavy atom. The third-order valence-corrected chi connectivity index (χ3v) is 8.80. The van der Waals surface area contributed by atoms with Crippen LogP contribution in [0.3, 0.4) is 0 Å². The zero-order chi connectivity index (χ0) is 14.4. The van der Waals surface area contributed by atoms with Crippen LogP contribution in [-0.2, 0) is 4.74 Å². The van der Waals surface area contributed by atoms with Gasteiger partial charge in [0, 0.05) is 0 Å². The van der Waals surface area contributed by atoms with E-state index in [0.29, 0.717) is 12.2 Å². The fourth-order valence-corrected chi connectivity index (χ4v) is 8.14. The largest absolute Gasteiger partial charge is 0.371 e. The number of ether oxygens (including phenoxy) is 1. The number of fused-ring (bicyclic) bond motifs is 6. The third kappa shape index (κ3) is 1.60. The van der Waals surface area contributed by atoms with Gasteiger partial charge in [0.15, 0.2) is 0 Å². The molecule has 8 aliphatic carbocycles. The van der Waals surface area contributed by atoms with Crippen molar-refractivity contribution in [1.29, 1.82) is 0 Å². The van der Waals surface area contributed by atoms with E-state index in [9.17, 15) is 0 Å². The quantitative estimate of drug-likeness (QED) is 0.669. The average Bonchev–Trinajstić information content (AvgIpc) is 3.19. The van der Waals surface area contributed by atoms with Crippen LogP contribution in [0, 0.1) is 41.4 Å². The van der Waals surface area contributed by atoms with Gasteiger partial charge in [-0.25, -0.2) is 0 Å². The molecule has 0 radical (unpaired) electrons. The van der Waals surface area contributed by atoms with Crippen molar-refractivity contribution in [2.75, 3.05) is 0 Å². The molecule has 6 fully saturated rings. The van der Waals surface area contributed by atoms with Gasteiger partial charge in [-0.15, -0.1) is 0 Å². The van der Waals surface area contributed by atoms with Crippen molar-refractivity contribution < 1.29 is 4.74 Å². The fourth-order valence-electron chi connectivity index (χ4n) is 8.14. The monoisotopic (exact) mass is 298 g/mol. The van der Waals surface area contributed by atoms with Crippen LogP contribution in [-0.4, -0.2) is 12.2 Å². The highest BCUT2D eigenvalue weighted by molar-refractivity contribution is 5.35. The zero-order valence-electron chi connectivity index (χ0n) is 14.0. The Labute approximate surface area is 134 Å². The Kier molecular flexibility index (Phi) is 2.61. The van der Waals surface area contributed by atoms with Gasteiger partial charge in [-0.2, -0.15) is 0 Å². The molecular formula is C21H30O. The van der Waals surface area contributed by atoms with Crippen LogP contribution in [0.25, 0.3) is 0 Å². The first kappa shape index (κ1) is 13.0. The van der Waals surface area contributed by atoms with Crippen molar-refractivity contribution in [1.82, 2.24) is 0 Å². The fraction of sp³-hybridized carbons (Fsp3) is 0.905. The van der Waals surface area contributed by atoms with E-state index in [1.54, 1.807) is 5.57 Å². The van der Waals surface area contributed by atoms with Gasteiger partial charge in [0.1, 0.15) is 0 Å². The van der Waals surface area contributed by atoms with Crippen molar-refractivity contribution >= 4 is 0 Å². The van der Waals surface area contributed by atoms with Crippen molar-refractivity contribution in [2.45, 2.75) is 76.9 Å². The highest BCUT2D eigenvalue weighted by Crippen LogP contribution is 2.62. The second-order valence-electron chi connectivity index (χ2n) is 9.62. The Bertz CT molecular complexity index is 520. The molecule has 1 heteroatoms. The van der Waals surface area contributed by atoms with Gasteiger partial charge in [0.25, 0.3) is 0 Å². The van der Waals surface area contributed by atoms with Gasteiger partial charge in [0.05, 0.1) is 12.2 Å². The molecule has 120 valence electrons. The zero-order valence-corrected chi connectivity index (χ0v) is 14.0. The van der Waals surface area contributed by atoms with E-state index in [2.05, 4.69) is 6.92 Å². The van der Waals surface area contributed by atoms with E-state index in [0.717, 1.165) is 41.4 Å². The van der Waals surface area contributed by atoms with E-state index in [4.69, 9.17) is 4.74 Å². The van der Waals surface area contributed by atoms with Crippen molar-refractivity contribution in [3.8, 4) is 0 Å². The summed E-state index contributed by atoms with van der Waals surface area (Å²) in [4.78, 5) is 0. The lowest BCUT2D eigenvalue weighted by atomic mass is 9.51. The van der Waals surface area contributed by atoms with Gasteiger partial charge in [-0.3, -0.25) is 0 Å². The molecular weight excluding hydrogens is 268 g/mol. The Balaban J connectivity index is 1.21. The van der Waals surface area contributed by atoms with Crippen LogP contribution in [0.4, 0.5) is 0 Å². The van der Waals surface area contributed by atoms with Crippen LogP contribution < -0.4 is 0 Å². The van der Waals surface area contributed by atoms with Gasteiger partial charge in [-0.05, 0) is 105 Å². The minimum absolute atomic E-state index is 0.438. The lowest BCUT2D eigenvalue weighted by Crippen LogP contribution is -2.44. The van der Waals surface area contributed by atoms with Gasteiger partial charge in [0.2, 0.25) is 0 Å². The normalized spacial score (nSPS) is 55.5. The summed E-state index contributed by atoms with van der Waals surface area (Å²) < 4.78 is 6.76. The Morgan fingerprint density at radius 1 is 0.909 bits per heavy atom. The second-order valence-corrected chi connectivity index (χ2v) is 9.62. The number of allylic oxidation sites excluding steroid dienone is 1. The summed E-state index contributed by atoms with van der Waals surface area (Å²) in [6, 6.07) is 0. The van der Waals surface area contributed by atoms with Crippen LogP contribution >= 0.6 is 0 Å². The molecule has 0 aromatic rings. The molecule has 0 aromatic carbocycles. The molecule has 8 aliphatic rings. The molecule has 8 atom stereocenters. The highest BCUT2D eigenvalue weighted by atomic mass is 16.5. The van der Waals surface area contributed by atoms with Crippen molar-refractivity contribution in [3.63, 3.8) is 0 Å². The smallest absolute Gasteiger partial charge is 0.0763 e. The van der Waals surface area contributed by atoms with Crippen LogP contribution in [0.5, 0.6) is 0 Å². The molecule has 6 saturated carbocycles. The van der Waals surface area contributed by atoms with Gasteiger partial charge < -0.3 is 4.74 Å². The molecule has 0 N–H and O–H groups in total. The number of rotatable bonds is 3. The highest BCUT2D eigenvalue weighted by Gasteiger charge is 2.55. The van der Waals surface area contributed by atoms with Gasteiger partial charge in [-0.1, -0.05) is 12.0 Å². The molecule has 22 heavy (non-hydrogen) atoms. The molecule has 0 aliphatic heterocycles. The van der Waals surface area contributed by atoms with Crippen LogP contribution in [0.1, 0.15) is 64.7 Å². The van der Waals surface area contributed by atoms with Gasteiger partial charge >= 0.3 is 0 Å². The summed E-state index contributed by atoms with van der Waals surface area (Å²) in [5, 5.41) is 0. The second kappa shape index (κ2) is 4.41. The maximum atomic E-state index is 6.76. The maximum absolute atomic E-state index is 6.76. The van der Waals surface area contributed by atoms with Crippen molar-refractivity contribution in [2.24, 2.45) is 41.4 Å². The lowest BCUT2D eigenvalue weighted by Gasteiger charge is -2.55. The maximum Gasteiger partial charge on any atom is 0.0763 e. The Hall–Kier alpha value is -0.300. The first-order valence-corrected chi connectivity index (χ1v) is 10.2. The molecule has 0 heterocycles. The SMILES string of the molecule is CC(OC1CC2CC1C1CCCC21)C1=C2C3CC(C1)CC2C3. The molecule has 0 spiro atoms. The summed E-state index contributed by atoms with van der Waals surface area (Å²) >= 11 is 0.